The smallest absolute Gasteiger partial charge is 0.426 e. The van der Waals surface area contributed by atoms with Crippen LogP contribution in [0.2, 0.25) is 0 Å². The van der Waals surface area contributed by atoms with E-state index in [1.807, 2.05) is 0 Å². The highest BCUT2D eigenvalue weighted by atomic mass is 19.4. The fraction of sp³-hybridized carbons (Fsp3) is 0.650. The van der Waals surface area contributed by atoms with Crippen molar-refractivity contribution >= 4 is 43.2 Å². The molecule has 1 aromatic rings. The summed E-state index contributed by atoms with van der Waals surface area (Å²) >= 11 is 0. The van der Waals surface area contributed by atoms with Gasteiger partial charge in [-0.05, 0) is 35.9 Å². The molecule has 2 aliphatic heterocycles. The first-order chi connectivity index (χ1) is 18.7. The highest BCUT2D eigenvalue weighted by molar-refractivity contribution is 6.45. The van der Waals surface area contributed by atoms with Gasteiger partial charge in [-0.25, -0.2) is 9.69 Å². The maximum atomic E-state index is 13.4. The Bertz CT molecular complexity index is 1150. The number of carbonyl (C=O) groups excluding carboxylic acids is 1. The van der Waals surface area contributed by atoms with Gasteiger partial charge in [0.2, 0.25) is 0 Å². The Balaban J connectivity index is 2.10. The second-order valence-electron chi connectivity index (χ2n) is 9.72. The first kappa shape index (κ1) is 34.2. The summed E-state index contributed by atoms with van der Waals surface area (Å²) in [7, 11) is 22.5. The summed E-state index contributed by atoms with van der Waals surface area (Å²) in [6.45, 7) is -0.619. The standard InChI is InChI=1S/C20H18B4F9N3O6/c21-17(22)18(23,38)36(13(37)42-12(15(28,29)30)16(31,32)33)20(40,41)19(24,39)35(17)8-9-3-4-10(14(25,26)27)7-11(9)34-5-1-2-6-34/h3-4,7,12,38-41H,1-2,5-6,8H2. The molecule has 8 radical (unpaired) electrons. The van der Waals surface area contributed by atoms with Crippen LogP contribution in [0.15, 0.2) is 18.2 Å². The third-order valence-electron chi connectivity index (χ3n) is 6.78. The second-order valence-corrected chi connectivity index (χ2v) is 9.72. The van der Waals surface area contributed by atoms with Crippen LogP contribution in [-0.2, 0) is 17.5 Å². The van der Waals surface area contributed by atoms with Crippen LogP contribution in [0.25, 0.3) is 0 Å². The third-order valence-corrected chi connectivity index (χ3v) is 6.78. The molecule has 1 amide bonds. The summed E-state index contributed by atoms with van der Waals surface area (Å²) < 4.78 is 121. The van der Waals surface area contributed by atoms with Crippen LogP contribution in [0.1, 0.15) is 24.0 Å². The van der Waals surface area contributed by atoms with Crippen molar-refractivity contribution in [3.63, 3.8) is 0 Å². The van der Waals surface area contributed by atoms with Gasteiger partial charge in [-0.1, -0.05) is 6.07 Å². The molecule has 2 saturated heterocycles. The number of anilines is 1. The highest BCUT2D eigenvalue weighted by Gasteiger charge is 2.71. The zero-order valence-electron chi connectivity index (χ0n) is 21.0. The van der Waals surface area contributed by atoms with Crippen molar-refractivity contribution in [3.8, 4) is 0 Å². The van der Waals surface area contributed by atoms with Gasteiger partial charge >= 0.3 is 24.6 Å². The van der Waals surface area contributed by atoms with Crippen molar-refractivity contribution in [2.45, 2.75) is 66.5 Å². The first-order valence-electron chi connectivity index (χ1n) is 11.6. The minimum Gasteiger partial charge on any atom is -0.426 e. The maximum absolute atomic E-state index is 13.4. The van der Waals surface area contributed by atoms with E-state index in [0.717, 1.165) is 6.07 Å². The number of ether oxygens (including phenoxy) is 1. The number of rotatable bonds is 4. The molecule has 2 fully saturated rings. The predicted molar refractivity (Wildman–Crippen MR) is 125 cm³/mol. The normalized spacial score (nSPS) is 27.0. The Morgan fingerprint density at radius 1 is 0.881 bits per heavy atom. The molecule has 0 bridgehead atoms. The van der Waals surface area contributed by atoms with Gasteiger partial charge in [-0.3, -0.25) is 4.90 Å². The lowest BCUT2D eigenvalue weighted by Gasteiger charge is -2.67. The molecule has 9 nitrogen and oxygen atoms in total. The predicted octanol–water partition coefficient (Wildman–Crippen LogP) is 0.311. The van der Waals surface area contributed by atoms with E-state index >= 15 is 0 Å². The van der Waals surface area contributed by atoms with Crippen molar-refractivity contribution in [1.82, 2.24) is 9.80 Å². The number of amides is 1. The number of aliphatic hydroxyl groups is 4. The van der Waals surface area contributed by atoms with Crippen LogP contribution in [0.5, 0.6) is 0 Å². The average molecular weight is 611 g/mol. The number of nitrogens with zero attached hydrogens (tertiary/aromatic N) is 3. The molecule has 2 atom stereocenters. The van der Waals surface area contributed by atoms with Crippen molar-refractivity contribution < 1.29 is 69.5 Å². The van der Waals surface area contributed by atoms with Crippen molar-refractivity contribution in [3.05, 3.63) is 29.3 Å². The molecular weight excluding hydrogens is 592 g/mol. The number of alkyl halides is 9. The van der Waals surface area contributed by atoms with Gasteiger partial charge in [0, 0.05) is 25.3 Å². The Labute approximate surface area is 236 Å². The van der Waals surface area contributed by atoms with Crippen LogP contribution in [-0.4, -0.2) is 122 Å². The van der Waals surface area contributed by atoms with Crippen LogP contribution in [0, 0.1) is 0 Å². The monoisotopic (exact) mass is 611 g/mol. The van der Waals surface area contributed by atoms with Crippen LogP contribution in [0.4, 0.5) is 50.0 Å². The summed E-state index contributed by atoms with van der Waals surface area (Å²) in [5.41, 5.74) is -9.63. The quantitative estimate of drug-likeness (QED) is 0.219. The molecule has 0 saturated carbocycles. The zero-order valence-corrected chi connectivity index (χ0v) is 21.0. The summed E-state index contributed by atoms with van der Waals surface area (Å²) in [6.07, 6.45) is -24.4. The molecule has 42 heavy (non-hydrogen) atoms. The van der Waals surface area contributed by atoms with Crippen LogP contribution >= 0.6 is 0 Å². The Kier molecular flexibility index (Phi) is 8.49. The minimum absolute atomic E-state index is 0.0447. The number of benzene rings is 1. The molecule has 0 aromatic heterocycles. The lowest BCUT2D eigenvalue weighted by Crippen LogP contribution is -2.91. The summed E-state index contributed by atoms with van der Waals surface area (Å²) in [5, 5.41) is 39.4. The minimum atomic E-state index is -6.33. The Morgan fingerprint density at radius 3 is 1.83 bits per heavy atom. The number of hydrogen-bond acceptors (Lipinski definition) is 8. The van der Waals surface area contributed by atoms with Gasteiger partial charge in [0.05, 0.1) is 21.3 Å². The van der Waals surface area contributed by atoms with Crippen molar-refractivity contribution in [1.29, 1.82) is 0 Å². The molecule has 224 valence electrons. The molecule has 1 aromatic carbocycles. The van der Waals surface area contributed by atoms with E-state index in [4.69, 9.17) is 31.4 Å². The lowest BCUT2D eigenvalue weighted by atomic mass is 9.46. The molecular formula is C20H18B4F9N3O6. The molecule has 4 N–H and O–H groups in total. The van der Waals surface area contributed by atoms with Gasteiger partial charge < -0.3 is 30.1 Å². The van der Waals surface area contributed by atoms with E-state index in [9.17, 15) is 64.7 Å². The SMILES string of the molecule is [B]C1([B])N(Cc2ccc(C(F)(F)F)cc2N2CCCC2)C([B])(O)C(O)(O)N(C(=O)OC(C(F)(F)F)C(F)(F)F)C1([B])O. The topological polar surface area (TPSA) is 117 Å². The molecule has 2 heterocycles. The van der Waals surface area contributed by atoms with Gasteiger partial charge in [0.15, 0.2) is 0 Å². The van der Waals surface area contributed by atoms with E-state index in [-0.39, 0.29) is 29.2 Å². The summed E-state index contributed by atoms with van der Waals surface area (Å²) in [5.74, 6) is -4.63. The molecule has 3 rings (SSSR count). The van der Waals surface area contributed by atoms with Crippen molar-refractivity contribution in [2.24, 2.45) is 0 Å². The zero-order chi connectivity index (χ0) is 32.5. The lowest BCUT2D eigenvalue weighted by molar-refractivity contribution is -0.413. The molecule has 0 spiro atoms. The van der Waals surface area contributed by atoms with E-state index in [2.05, 4.69) is 4.74 Å². The molecule has 2 unspecified atom stereocenters. The number of carbonyl (C=O) groups is 1. The number of halogens is 9. The average Bonchev–Trinajstić information content (AvgIpc) is 3.32. The number of piperazine rings is 1. The van der Waals surface area contributed by atoms with E-state index in [1.54, 1.807) is 0 Å². The first-order valence-corrected chi connectivity index (χ1v) is 11.6. The van der Waals surface area contributed by atoms with Gasteiger partial charge in [0.25, 0.3) is 12.0 Å². The van der Waals surface area contributed by atoms with E-state index in [0.29, 0.717) is 25.0 Å². The van der Waals surface area contributed by atoms with Gasteiger partial charge in [0.1, 0.15) is 26.9 Å². The second kappa shape index (κ2) is 10.4. The summed E-state index contributed by atoms with van der Waals surface area (Å²) in [6, 6.07) is 2.10. The highest BCUT2D eigenvalue weighted by Crippen LogP contribution is 2.46. The van der Waals surface area contributed by atoms with Crippen LogP contribution < -0.4 is 4.90 Å². The molecule has 0 aliphatic carbocycles. The van der Waals surface area contributed by atoms with E-state index in [1.165, 1.54) is 4.90 Å². The number of hydrogen-bond donors (Lipinski definition) is 4. The summed E-state index contributed by atoms with van der Waals surface area (Å²) in [4.78, 5) is 12.6. The largest absolute Gasteiger partial charge is 0.434 e. The Hall–Kier alpha value is -2.28. The fourth-order valence-corrected chi connectivity index (χ4v) is 4.53. The van der Waals surface area contributed by atoms with E-state index < -0.39 is 70.2 Å². The molecule has 22 heteroatoms. The maximum Gasteiger partial charge on any atom is 0.434 e. The van der Waals surface area contributed by atoms with Gasteiger partial charge in [-0.2, -0.15) is 39.5 Å². The van der Waals surface area contributed by atoms with Gasteiger partial charge in [-0.15, -0.1) is 0 Å². The third kappa shape index (κ3) is 5.79. The van der Waals surface area contributed by atoms with Crippen molar-refractivity contribution in [2.75, 3.05) is 18.0 Å². The van der Waals surface area contributed by atoms with Crippen LogP contribution in [0.3, 0.4) is 0 Å². The molecule has 2 aliphatic rings. The Morgan fingerprint density at radius 2 is 1.38 bits per heavy atom. The fourth-order valence-electron chi connectivity index (χ4n) is 4.53.